The molecule has 4 nitrogen and oxygen atoms in total. The summed E-state index contributed by atoms with van der Waals surface area (Å²) in [5.74, 6) is 0. The molecule has 0 saturated carbocycles. The fourth-order valence-electron chi connectivity index (χ4n) is 1.92. The second-order valence-corrected chi connectivity index (χ2v) is 5.22. The van der Waals surface area contributed by atoms with E-state index in [1.54, 1.807) is 11.3 Å². The van der Waals surface area contributed by atoms with Crippen molar-refractivity contribution in [1.82, 2.24) is 14.8 Å². The molecule has 1 aliphatic rings. The third-order valence-electron chi connectivity index (χ3n) is 2.94. The monoisotopic (exact) mass is 236 g/mol. The van der Waals surface area contributed by atoms with Crippen LogP contribution >= 0.6 is 11.3 Å². The van der Waals surface area contributed by atoms with Gasteiger partial charge in [-0.2, -0.15) is 5.26 Å². The molecule has 0 aliphatic carbocycles. The molecule has 1 atom stereocenters. The minimum absolute atomic E-state index is 0.168. The Morgan fingerprint density at radius 2 is 2.12 bits per heavy atom. The molecule has 1 aliphatic heterocycles. The van der Waals surface area contributed by atoms with Gasteiger partial charge in [0.1, 0.15) is 6.04 Å². The Balaban J connectivity index is 2.09. The Morgan fingerprint density at radius 3 is 2.62 bits per heavy atom. The zero-order chi connectivity index (χ0) is 11.5. The summed E-state index contributed by atoms with van der Waals surface area (Å²) >= 11 is 1.61. The van der Waals surface area contributed by atoms with Crippen molar-refractivity contribution in [2.75, 3.05) is 33.2 Å². The second kappa shape index (κ2) is 4.91. The molecule has 1 fully saturated rings. The van der Waals surface area contributed by atoms with E-state index < -0.39 is 0 Å². The van der Waals surface area contributed by atoms with Crippen LogP contribution in [0.1, 0.15) is 16.7 Å². The number of nitriles is 1. The third-order valence-corrected chi connectivity index (χ3v) is 3.73. The Hall–Kier alpha value is -0.960. The average Bonchev–Trinajstić information content (AvgIpc) is 2.69. The molecular weight excluding hydrogens is 220 g/mol. The van der Waals surface area contributed by atoms with E-state index in [9.17, 15) is 5.26 Å². The summed E-state index contributed by atoms with van der Waals surface area (Å²) in [4.78, 5) is 8.92. The molecule has 0 spiro atoms. The molecule has 1 saturated heterocycles. The molecule has 1 aromatic rings. The van der Waals surface area contributed by atoms with Crippen LogP contribution in [0.15, 0.2) is 5.38 Å². The number of hydrogen-bond donors (Lipinski definition) is 0. The van der Waals surface area contributed by atoms with Crippen molar-refractivity contribution in [3.8, 4) is 6.07 Å². The molecule has 1 unspecified atom stereocenters. The van der Waals surface area contributed by atoms with Crippen LogP contribution in [0.25, 0.3) is 0 Å². The van der Waals surface area contributed by atoms with Crippen LogP contribution in [0.2, 0.25) is 0 Å². The maximum atomic E-state index is 9.27. The summed E-state index contributed by atoms with van der Waals surface area (Å²) in [5, 5.41) is 12.3. The molecule has 0 N–H and O–H groups in total. The van der Waals surface area contributed by atoms with E-state index in [0.717, 1.165) is 36.9 Å². The van der Waals surface area contributed by atoms with Crippen LogP contribution in [-0.4, -0.2) is 48.0 Å². The lowest BCUT2D eigenvalue weighted by molar-refractivity contribution is 0.131. The van der Waals surface area contributed by atoms with Crippen molar-refractivity contribution >= 4 is 11.3 Å². The van der Waals surface area contributed by atoms with Gasteiger partial charge < -0.3 is 4.90 Å². The summed E-state index contributed by atoms with van der Waals surface area (Å²) in [6, 6.07) is 2.20. The largest absolute Gasteiger partial charge is 0.304 e. The molecule has 0 bridgehead atoms. The second-order valence-electron chi connectivity index (χ2n) is 4.16. The fourth-order valence-corrected chi connectivity index (χ4v) is 2.55. The lowest BCUT2D eigenvalue weighted by atomic mass is 10.2. The predicted molar refractivity (Wildman–Crippen MR) is 64.3 cm³/mol. The van der Waals surface area contributed by atoms with Gasteiger partial charge in [0.25, 0.3) is 0 Å². The first-order valence-electron chi connectivity index (χ1n) is 5.45. The number of hydrogen-bond acceptors (Lipinski definition) is 5. The molecule has 0 radical (unpaired) electrons. The number of thiazole rings is 1. The number of piperazine rings is 1. The van der Waals surface area contributed by atoms with Crippen LogP contribution in [0.5, 0.6) is 0 Å². The first-order valence-corrected chi connectivity index (χ1v) is 6.33. The van der Waals surface area contributed by atoms with Gasteiger partial charge in [-0.15, -0.1) is 11.3 Å². The lowest BCUT2D eigenvalue weighted by Gasteiger charge is -2.34. The molecule has 0 amide bonds. The minimum Gasteiger partial charge on any atom is -0.304 e. The zero-order valence-electron chi connectivity index (χ0n) is 9.68. The summed E-state index contributed by atoms with van der Waals surface area (Å²) in [6.45, 7) is 5.94. The molecule has 86 valence electrons. The highest BCUT2D eigenvalue weighted by Crippen LogP contribution is 2.22. The van der Waals surface area contributed by atoms with Gasteiger partial charge in [0, 0.05) is 31.6 Å². The fraction of sp³-hybridized carbons (Fsp3) is 0.636. The van der Waals surface area contributed by atoms with Crippen LogP contribution in [0.3, 0.4) is 0 Å². The van der Waals surface area contributed by atoms with E-state index in [1.165, 1.54) is 0 Å². The molecule has 2 heterocycles. The normalized spacial score (nSPS) is 20.6. The Bertz CT molecular complexity index is 387. The predicted octanol–water partition coefficient (Wildman–Crippen LogP) is 1.26. The van der Waals surface area contributed by atoms with Crippen molar-refractivity contribution in [2.45, 2.75) is 13.0 Å². The third kappa shape index (κ3) is 2.40. The number of nitrogens with zero attached hydrogens (tertiary/aromatic N) is 4. The van der Waals surface area contributed by atoms with Gasteiger partial charge in [0.05, 0.1) is 16.8 Å². The maximum Gasteiger partial charge on any atom is 0.141 e. The topological polar surface area (TPSA) is 43.2 Å². The Kier molecular flexibility index (Phi) is 3.54. The zero-order valence-corrected chi connectivity index (χ0v) is 10.5. The van der Waals surface area contributed by atoms with E-state index >= 15 is 0 Å². The standard InChI is InChI=1S/C11H16N4S/c1-9-13-10(8-16-9)11(7-12)15-5-3-14(2)4-6-15/h8,11H,3-6H2,1-2H3. The van der Waals surface area contributed by atoms with Crippen LogP contribution in [0.4, 0.5) is 0 Å². The average molecular weight is 236 g/mol. The van der Waals surface area contributed by atoms with E-state index in [-0.39, 0.29) is 6.04 Å². The Labute approximate surface area is 100 Å². The number of rotatable bonds is 2. The molecular formula is C11H16N4S. The highest BCUT2D eigenvalue weighted by Gasteiger charge is 2.25. The smallest absolute Gasteiger partial charge is 0.141 e. The summed E-state index contributed by atoms with van der Waals surface area (Å²) in [5.41, 5.74) is 0.912. The summed E-state index contributed by atoms with van der Waals surface area (Å²) in [7, 11) is 2.12. The number of aromatic nitrogens is 1. The Morgan fingerprint density at radius 1 is 1.44 bits per heavy atom. The summed E-state index contributed by atoms with van der Waals surface area (Å²) in [6.07, 6.45) is 0. The minimum atomic E-state index is -0.168. The van der Waals surface area contributed by atoms with Gasteiger partial charge in [-0.1, -0.05) is 0 Å². The molecule has 5 heteroatoms. The van der Waals surface area contributed by atoms with E-state index in [2.05, 4.69) is 27.9 Å². The highest BCUT2D eigenvalue weighted by molar-refractivity contribution is 7.09. The van der Waals surface area contributed by atoms with Crippen molar-refractivity contribution in [1.29, 1.82) is 5.26 Å². The highest BCUT2D eigenvalue weighted by atomic mass is 32.1. The van der Waals surface area contributed by atoms with Crippen LogP contribution in [-0.2, 0) is 0 Å². The van der Waals surface area contributed by atoms with Gasteiger partial charge in [-0.05, 0) is 14.0 Å². The SMILES string of the molecule is Cc1nc(C(C#N)N2CCN(C)CC2)cs1. The molecule has 0 aromatic carbocycles. The number of likely N-dealkylation sites (N-methyl/N-ethyl adjacent to an activating group) is 1. The van der Waals surface area contributed by atoms with Crippen molar-refractivity contribution in [2.24, 2.45) is 0 Å². The maximum absolute atomic E-state index is 9.27. The van der Waals surface area contributed by atoms with Gasteiger partial charge in [-0.25, -0.2) is 4.98 Å². The molecule has 2 rings (SSSR count). The van der Waals surface area contributed by atoms with E-state index in [4.69, 9.17) is 0 Å². The molecule has 16 heavy (non-hydrogen) atoms. The first-order chi connectivity index (χ1) is 7.70. The van der Waals surface area contributed by atoms with Crippen molar-refractivity contribution < 1.29 is 0 Å². The number of aryl methyl sites for hydroxylation is 1. The van der Waals surface area contributed by atoms with Crippen LogP contribution in [0, 0.1) is 18.3 Å². The van der Waals surface area contributed by atoms with Crippen LogP contribution < -0.4 is 0 Å². The van der Waals surface area contributed by atoms with Crippen molar-refractivity contribution in [3.63, 3.8) is 0 Å². The van der Waals surface area contributed by atoms with Gasteiger partial charge >= 0.3 is 0 Å². The van der Waals surface area contributed by atoms with Crippen molar-refractivity contribution in [3.05, 3.63) is 16.1 Å². The molecule has 1 aromatic heterocycles. The quantitative estimate of drug-likeness (QED) is 0.775. The van der Waals surface area contributed by atoms with E-state index in [1.807, 2.05) is 12.3 Å². The van der Waals surface area contributed by atoms with Gasteiger partial charge in [-0.3, -0.25) is 4.90 Å². The summed E-state index contributed by atoms with van der Waals surface area (Å²) < 4.78 is 0. The van der Waals surface area contributed by atoms with Gasteiger partial charge in [0.2, 0.25) is 0 Å². The van der Waals surface area contributed by atoms with Gasteiger partial charge in [0.15, 0.2) is 0 Å². The van der Waals surface area contributed by atoms with E-state index in [0.29, 0.717) is 0 Å². The first kappa shape index (κ1) is 11.5. The lowest BCUT2D eigenvalue weighted by Crippen LogP contribution is -2.45.